The van der Waals surface area contributed by atoms with E-state index in [0.717, 1.165) is 29.6 Å². The average molecular weight is 447 g/mol. The van der Waals surface area contributed by atoms with Crippen LogP contribution >= 0.6 is 35.0 Å². The number of nitrogens with zero attached hydrogens (tertiary/aromatic N) is 5. The third-order valence-electron chi connectivity index (χ3n) is 4.63. The lowest BCUT2D eigenvalue weighted by Crippen LogP contribution is -2.16. The van der Waals surface area contributed by atoms with Crippen molar-refractivity contribution in [1.29, 1.82) is 0 Å². The topological polar surface area (TPSA) is 60.6 Å². The molecular formula is C20H20Cl2N6S. The zero-order chi connectivity index (χ0) is 20.2. The maximum Gasteiger partial charge on any atom is 0.209 e. The molecule has 0 spiro atoms. The Hall–Kier alpha value is -2.06. The second-order valence-electron chi connectivity index (χ2n) is 6.65. The van der Waals surface area contributed by atoms with Gasteiger partial charge in [-0.2, -0.15) is 0 Å². The summed E-state index contributed by atoms with van der Waals surface area (Å²) in [5.41, 5.74) is 3.50. The predicted octanol–water partition coefficient (Wildman–Crippen LogP) is 4.40. The minimum Gasteiger partial charge on any atom is -0.343 e. The van der Waals surface area contributed by atoms with E-state index >= 15 is 0 Å². The molecule has 4 rings (SSSR count). The van der Waals surface area contributed by atoms with Crippen LogP contribution in [0.25, 0.3) is 10.9 Å². The van der Waals surface area contributed by atoms with Gasteiger partial charge in [-0.3, -0.25) is 0 Å². The molecule has 0 saturated heterocycles. The van der Waals surface area contributed by atoms with E-state index in [1.807, 2.05) is 19.2 Å². The molecule has 2 aromatic carbocycles. The van der Waals surface area contributed by atoms with Crippen molar-refractivity contribution in [2.45, 2.75) is 18.2 Å². The molecule has 0 aliphatic rings. The molecule has 0 fully saturated rings. The number of fused-ring (bicyclic) bond motifs is 1. The number of hydrogen-bond acceptors (Lipinski definition) is 5. The molecule has 0 bridgehead atoms. The Kier molecular flexibility index (Phi) is 6.40. The van der Waals surface area contributed by atoms with Crippen LogP contribution in [0.4, 0.5) is 0 Å². The number of tetrazole rings is 1. The fourth-order valence-electron chi connectivity index (χ4n) is 3.21. The third kappa shape index (κ3) is 4.75. The summed E-state index contributed by atoms with van der Waals surface area (Å²) in [7, 11) is 1.84. The number of thioether (sulfide) groups is 1. The lowest BCUT2D eigenvalue weighted by Gasteiger charge is -2.08. The number of rotatable bonds is 8. The van der Waals surface area contributed by atoms with Crippen molar-refractivity contribution >= 4 is 45.9 Å². The van der Waals surface area contributed by atoms with Crippen LogP contribution in [-0.4, -0.2) is 37.1 Å². The van der Waals surface area contributed by atoms with Gasteiger partial charge in [-0.1, -0.05) is 59.2 Å². The van der Waals surface area contributed by atoms with Gasteiger partial charge in [0.25, 0.3) is 0 Å². The number of benzene rings is 2. The molecule has 150 valence electrons. The van der Waals surface area contributed by atoms with E-state index in [2.05, 4.69) is 55.9 Å². The largest absolute Gasteiger partial charge is 0.343 e. The van der Waals surface area contributed by atoms with Gasteiger partial charge in [-0.15, -0.1) is 5.10 Å². The monoisotopic (exact) mass is 446 g/mol. The van der Waals surface area contributed by atoms with Gasteiger partial charge in [0, 0.05) is 59.6 Å². The molecular weight excluding hydrogens is 427 g/mol. The van der Waals surface area contributed by atoms with E-state index in [1.54, 1.807) is 22.5 Å². The first kappa shape index (κ1) is 20.2. The molecule has 2 heterocycles. The molecule has 0 aliphatic carbocycles. The van der Waals surface area contributed by atoms with Gasteiger partial charge in [-0.05, 0) is 39.8 Å². The van der Waals surface area contributed by atoms with E-state index in [-0.39, 0.29) is 0 Å². The van der Waals surface area contributed by atoms with Crippen molar-refractivity contribution in [2.75, 3.05) is 12.3 Å². The quantitative estimate of drug-likeness (QED) is 0.321. The highest BCUT2D eigenvalue weighted by Gasteiger charge is 2.10. The van der Waals surface area contributed by atoms with Gasteiger partial charge in [0.05, 0.1) is 0 Å². The molecule has 1 N–H and O–H groups in total. The summed E-state index contributed by atoms with van der Waals surface area (Å²) in [5, 5.41) is 18.4. The smallest absolute Gasteiger partial charge is 0.209 e. The van der Waals surface area contributed by atoms with Crippen molar-refractivity contribution in [2.24, 2.45) is 7.05 Å². The van der Waals surface area contributed by atoms with Crippen LogP contribution in [0.15, 0.2) is 53.8 Å². The van der Waals surface area contributed by atoms with Gasteiger partial charge in [-0.25, -0.2) is 4.68 Å². The summed E-state index contributed by atoms with van der Waals surface area (Å²) in [5.74, 6) is 0.896. The fraction of sp³-hybridized carbons (Fsp3) is 0.250. The van der Waals surface area contributed by atoms with E-state index < -0.39 is 0 Å². The molecule has 0 saturated carbocycles. The maximum atomic E-state index is 6.38. The van der Waals surface area contributed by atoms with E-state index in [4.69, 9.17) is 23.2 Å². The van der Waals surface area contributed by atoms with Gasteiger partial charge >= 0.3 is 0 Å². The van der Waals surface area contributed by atoms with Crippen LogP contribution in [0, 0.1) is 0 Å². The zero-order valence-electron chi connectivity index (χ0n) is 15.8. The van der Waals surface area contributed by atoms with Crippen molar-refractivity contribution in [3.63, 3.8) is 0 Å². The minimum absolute atomic E-state index is 0.649. The van der Waals surface area contributed by atoms with Crippen LogP contribution in [0.2, 0.25) is 10.0 Å². The SMILES string of the molecule is Cn1nnnc1SCCNCc1cn(Cc2ccc(Cl)cc2Cl)c2ccccc12. The first-order valence-corrected chi connectivity index (χ1v) is 10.9. The number of para-hydroxylation sites is 1. The van der Waals surface area contributed by atoms with E-state index in [1.165, 1.54) is 16.5 Å². The highest BCUT2D eigenvalue weighted by atomic mass is 35.5. The Balaban J connectivity index is 1.43. The Morgan fingerprint density at radius 1 is 1.10 bits per heavy atom. The summed E-state index contributed by atoms with van der Waals surface area (Å²) in [6.45, 7) is 2.35. The summed E-state index contributed by atoms with van der Waals surface area (Å²) in [6, 6.07) is 14.1. The van der Waals surface area contributed by atoms with E-state index in [0.29, 0.717) is 16.6 Å². The first-order chi connectivity index (χ1) is 14.1. The van der Waals surface area contributed by atoms with Gasteiger partial charge in [0.1, 0.15) is 0 Å². The highest BCUT2D eigenvalue weighted by Crippen LogP contribution is 2.26. The minimum atomic E-state index is 0.649. The Bertz CT molecular complexity index is 1120. The maximum absolute atomic E-state index is 6.38. The predicted molar refractivity (Wildman–Crippen MR) is 119 cm³/mol. The lowest BCUT2D eigenvalue weighted by molar-refractivity contribution is 0.663. The Labute approximate surface area is 183 Å². The molecule has 0 unspecified atom stereocenters. The van der Waals surface area contributed by atoms with Crippen LogP contribution in [-0.2, 0) is 20.1 Å². The average Bonchev–Trinajstić information content (AvgIpc) is 3.28. The second-order valence-corrected chi connectivity index (χ2v) is 8.55. The standard InChI is InChI=1S/C20H20Cl2N6S/c1-27-20(24-25-26-27)29-9-8-23-11-15-13-28(19-5-3-2-4-17(15)19)12-14-6-7-16(21)10-18(14)22/h2-7,10,13,23H,8-9,11-12H2,1H3. The molecule has 9 heteroatoms. The van der Waals surface area contributed by atoms with Crippen LogP contribution in [0.5, 0.6) is 0 Å². The molecule has 0 atom stereocenters. The first-order valence-electron chi connectivity index (χ1n) is 9.18. The van der Waals surface area contributed by atoms with Crippen molar-refractivity contribution in [3.05, 3.63) is 69.8 Å². The number of aromatic nitrogens is 5. The summed E-state index contributed by atoms with van der Waals surface area (Å²) in [6.07, 6.45) is 2.20. The summed E-state index contributed by atoms with van der Waals surface area (Å²) in [4.78, 5) is 0. The number of hydrogen-bond donors (Lipinski definition) is 1. The molecule has 6 nitrogen and oxygen atoms in total. The van der Waals surface area contributed by atoms with Crippen molar-refractivity contribution < 1.29 is 0 Å². The van der Waals surface area contributed by atoms with Crippen molar-refractivity contribution in [3.8, 4) is 0 Å². The van der Waals surface area contributed by atoms with Gasteiger partial charge in [0.15, 0.2) is 0 Å². The molecule has 0 aliphatic heterocycles. The molecule has 0 radical (unpaired) electrons. The van der Waals surface area contributed by atoms with Crippen LogP contribution in [0.1, 0.15) is 11.1 Å². The highest BCUT2D eigenvalue weighted by molar-refractivity contribution is 7.99. The molecule has 0 amide bonds. The number of aryl methyl sites for hydroxylation is 1. The summed E-state index contributed by atoms with van der Waals surface area (Å²) < 4.78 is 3.92. The summed E-state index contributed by atoms with van der Waals surface area (Å²) >= 11 is 14.0. The van der Waals surface area contributed by atoms with Crippen molar-refractivity contribution in [1.82, 2.24) is 30.1 Å². The van der Waals surface area contributed by atoms with E-state index in [9.17, 15) is 0 Å². The van der Waals surface area contributed by atoms with Crippen LogP contribution in [0.3, 0.4) is 0 Å². The number of nitrogens with one attached hydrogen (secondary N) is 1. The van der Waals surface area contributed by atoms with Gasteiger partial charge < -0.3 is 9.88 Å². The van der Waals surface area contributed by atoms with Crippen LogP contribution < -0.4 is 5.32 Å². The molecule has 4 aromatic rings. The lowest BCUT2D eigenvalue weighted by atomic mass is 10.2. The second kappa shape index (κ2) is 9.17. The zero-order valence-corrected chi connectivity index (χ0v) is 18.2. The van der Waals surface area contributed by atoms with Gasteiger partial charge in [0.2, 0.25) is 5.16 Å². The third-order valence-corrected chi connectivity index (χ3v) is 6.23. The molecule has 2 aromatic heterocycles. The Morgan fingerprint density at radius 2 is 1.97 bits per heavy atom. The molecule has 29 heavy (non-hydrogen) atoms. The Morgan fingerprint density at radius 3 is 2.76 bits per heavy atom. The fourth-order valence-corrected chi connectivity index (χ4v) is 4.42. The number of halogens is 2. The normalized spacial score (nSPS) is 11.4.